The molecule has 19 heavy (non-hydrogen) atoms. The second-order valence-electron chi connectivity index (χ2n) is 4.99. The fraction of sp³-hybridized carbons (Fsp3) is 0.533. The fourth-order valence-electron chi connectivity index (χ4n) is 2.38. The number of amides is 1. The molecule has 1 atom stereocenters. The molecule has 0 aromatic heterocycles. The number of para-hydroxylation sites is 1. The standard InChI is InChI=1S/C15H22N2O2/c18-10-6-2-1-5-9-16-15(19)14-11-12-7-3-4-8-13(12)17-14/h3-4,7-8,14,17-18H,1-2,5-6,9-11H2,(H,16,19). The SMILES string of the molecule is O=C(NCCCCCCO)C1Cc2ccccc2N1. The summed E-state index contributed by atoms with van der Waals surface area (Å²) in [5, 5.41) is 14.9. The van der Waals surface area contributed by atoms with E-state index in [9.17, 15) is 4.79 Å². The van der Waals surface area contributed by atoms with Gasteiger partial charge in [-0.05, 0) is 24.5 Å². The monoisotopic (exact) mass is 262 g/mol. The Balaban J connectivity index is 1.66. The van der Waals surface area contributed by atoms with Gasteiger partial charge in [-0.2, -0.15) is 0 Å². The summed E-state index contributed by atoms with van der Waals surface area (Å²) in [4.78, 5) is 12.0. The number of aliphatic hydroxyl groups excluding tert-OH is 1. The Kier molecular flexibility index (Phi) is 5.21. The first-order valence-corrected chi connectivity index (χ1v) is 7.04. The number of unbranched alkanes of at least 4 members (excludes halogenated alkanes) is 3. The topological polar surface area (TPSA) is 61.4 Å². The van der Waals surface area contributed by atoms with E-state index >= 15 is 0 Å². The van der Waals surface area contributed by atoms with Crippen LogP contribution in [-0.4, -0.2) is 30.2 Å². The van der Waals surface area contributed by atoms with Crippen molar-refractivity contribution in [2.75, 3.05) is 18.5 Å². The van der Waals surface area contributed by atoms with Crippen LogP contribution < -0.4 is 10.6 Å². The van der Waals surface area contributed by atoms with Gasteiger partial charge >= 0.3 is 0 Å². The van der Waals surface area contributed by atoms with Gasteiger partial charge in [0.15, 0.2) is 0 Å². The number of fused-ring (bicyclic) bond motifs is 1. The van der Waals surface area contributed by atoms with E-state index in [1.54, 1.807) is 0 Å². The summed E-state index contributed by atoms with van der Waals surface area (Å²) in [6.45, 7) is 0.982. The molecule has 0 fully saturated rings. The zero-order valence-electron chi connectivity index (χ0n) is 11.2. The maximum absolute atomic E-state index is 12.0. The van der Waals surface area contributed by atoms with Crippen molar-refractivity contribution in [3.63, 3.8) is 0 Å². The first-order chi connectivity index (χ1) is 9.31. The number of nitrogens with one attached hydrogen (secondary N) is 2. The van der Waals surface area contributed by atoms with Crippen molar-refractivity contribution in [1.29, 1.82) is 0 Å². The molecule has 104 valence electrons. The minimum absolute atomic E-state index is 0.0818. The predicted octanol–water partition coefficient (Wildman–Crippen LogP) is 1.69. The van der Waals surface area contributed by atoms with Gasteiger partial charge in [-0.25, -0.2) is 0 Å². The summed E-state index contributed by atoms with van der Waals surface area (Å²) in [5.74, 6) is 0.0818. The number of hydrogen-bond acceptors (Lipinski definition) is 3. The van der Waals surface area contributed by atoms with E-state index < -0.39 is 0 Å². The summed E-state index contributed by atoms with van der Waals surface area (Å²) in [5.41, 5.74) is 2.29. The molecular formula is C15H22N2O2. The minimum atomic E-state index is -0.130. The first-order valence-electron chi connectivity index (χ1n) is 7.04. The lowest BCUT2D eigenvalue weighted by Gasteiger charge is -2.11. The maximum atomic E-state index is 12.0. The molecule has 2 rings (SSSR count). The lowest BCUT2D eigenvalue weighted by atomic mass is 10.1. The van der Waals surface area contributed by atoms with Gasteiger partial charge in [0.05, 0.1) is 0 Å². The highest BCUT2D eigenvalue weighted by atomic mass is 16.2. The molecule has 0 spiro atoms. The Bertz CT molecular complexity index is 395. The highest BCUT2D eigenvalue weighted by Crippen LogP contribution is 2.24. The Hall–Kier alpha value is -1.55. The normalized spacial score (nSPS) is 16.8. The van der Waals surface area contributed by atoms with E-state index in [2.05, 4.69) is 16.7 Å². The number of carbonyl (C=O) groups excluding carboxylic acids is 1. The second kappa shape index (κ2) is 7.14. The molecule has 0 bridgehead atoms. The van der Waals surface area contributed by atoms with Crippen molar-refractivity contribution in [3.8, 4) is 0 Å². The van der Waals surface area contributed by atoms with Crippen LogP contribution in [0.4, 0.5) is 5.69 Å². The summed E-state index contributed by atoms with van der Waals surface area (Å²) < 4.78 is 0. The van der Waals surface area contributed by atoms with Crippen LogP contribution in [-0.2, 0) is 11.2 Å². The molecule has 1 aromatic carbocycles. The molecule has 0 saturated carbocycles. The van der Waals surface area contributed by atoms with Crippen LogP contribution in [0.2, 0.25) is 0 Å². The van der Waals surface area contributed by atoms with Gasteiger partial charge in [-0.15, -0.1) is 0 Å². The van der Waals surface area contributed by atoms with Gasteiger partial charge < -0.3 is 15.7 Å². The molecule has 1 aromatic rings. The van der Waals surface area contributed by atoms with Gasteiger partial charge in [-0.3, -0.25) is 4.79 Å². The Morgan fingerprint density at radius 2 is 2.05 bits per heavy atom. The van der Waals surface area contributed by atoms with Crippen molar-refractivity contribution < 1.29 is 9.90 Å². The van der Waals surface area contributed by atoms with Gasteiger partial charge in [0.25, 0.3) is 0 Å². The Morgan fingerprint density at radius 1 is 1.26 bits per heavy atom. The number of aliphatic hydroxyl groups is 1. The fourth-order valence-corrected chi connectivity index (χ4v) is 2.38. The van der Waals surface area contributed by atoms with Crippen LogP contribution in [0.1, 0.15) is 31.2 Å². The zero-order valence-corrected chi connectivity index (χ0v) is 11.2. The molecule has 1 heterocycles. The summed E-state index contributed by atoms with van der Waals surface area (Å²) in [6, 6.07) is 7.92. The molecule has 1 aliphatic rings. The predicted molar refractivity (Wildman–Crippen MR) is 76.1 cm³/mol. The molecule has 0 radical (unpaired) electrons. The molecule has 4 nitrogen and oxygen atoms in total. The summed E-state index contributed by atoms with van der Waals surface area (Å²) >= 11 is 0. The Morgan fingerprint density at radius 3 is 2.84 bits per heavy atom. The van der Waals surface area contributed by atoms with Gasteiger partial charge in [0.2, 0.25) is 5.91 Å². The van der Waals surface area contributed by atoms with Crippen LogP contribution >= 0.6 is 0 Å². The molecule has 1 aliphatic heterocycles. The number of benzene rings is 1. The quantitative estimate of drug-likeness (QED) is 0.655. The summed E-state index contributed by atoms with van der Waals surface area (Å²) in [6.07, 6.45) is 4.68. The number of hydrogen-bond donors (Lipinski definition) is 3. The molecule has 0 saturated heterocycles. The third-order valence-electron chi connectivity index (χ3n) is 3.47. The smallest absolute Gasteiger partial charge is 0.242 e. The van der Waals surface area contributed by atoms with Crippen molar-refractivity contribution in [3.05, 3.63) is 29.8 Å². The van der Waals surface area contributed by atoms with Crippen molar-refractivity contribution in [1.82, 2.24) is 5.32 Å². The van der Waals surface area contributed by atoms with Crippen LogP contribution in [0.5, 0.6) is 0 Å². The van der Waals surface area contributed by atoms with Crippen LogP contribution in [0, 0.1) is 0 Å². The average Bonchev–Trinajstić information content (AvgIpc) is 2.86. The van der Waals surface area contributed by atoms with Gasteiger partial charge in [0, 0.05) is 25.3 Å². The van der Waals surface area contributed by atoms with Crippen molar-refractivity contribution >= 4 is 11.6 Å². The Labute approximate surface area is 114 Å². The van der Waals surface area contributed by atoms with E-state index in [1.165, 1.54) is 5.56 Å². The zero-order chi connectivity index (χ0) is 13.5. The molecule has 1 amide bonds. The number of anilines is 1. The van der Waals surface area contributed by atoms with Crippen LogP contribution in [0.25, 0.3) is 0 Å². The van der Waals surface area contributed by atoms with E-state index in [1.807, 2.05) is 18.2 Å². The highest BCUT2D eigenvalue weighted by Gasteiger charge is 2.25. The number of rotatable bonds is 7. The largest absolute Gasteiger partial charge is 0.396 e. The van der Waals surface area contributed by atoms with Crippen LogP contribution in [0.15, 0.2) is 24.3 Å². The van der Waals surface area contributed by atoms with Gasteiger partial charge in [0.1, 0.15) is 6.04 Å². The van der Waals surface area contributed by atoms with E-state index in [0.29, 0.717) is 0 Å². The maximum Gasteiger partial charge on any atom is 0.242 e. The van der Waals surface area contributed by atoms with E-state index in [0.717, 1.165) is 44.3 Å². The van der Waals surface area contributed by atoms with Gasteiger partial charge in [-0.1, -0.05) is 31.0 Å². The lowest BCUT2D eigenvalue weighted by molar-refractivity contribution is -0.121. The summed E-state index contributed by atoms with van der Waals surface area (Å²) in [7, 11) is 0. The minimum Gasteiger partial charge on any atom is -0.396 e. The molecule has 4 heteroatoms. The second-order valence-corrected chi connectivity index (χ2v) is 4.99. The third-order valence-corrected chi connectivity index (χ3v) is 3.47. The average molecular weight is 262 g/mol. The third kappa shape index (κ3) is 3.96. The van der Waals surface area contributed by atoms with Crippen molar-refractivity contribution in [2.24, 2.45) is 0 Å². The highest BCUT2D eigenvalue weighted by molar-refractivity contribution is 5.87. The van der Waals surface area contributed by atoms with E-state index in [-0.39, 0.29) is 18.6 Å². The number of carbonyl (C=O) groups is 1. The molecule has 3 N–H and O–H groups in total. The van der Waals surface area contributed by atoms with Crippen LogP contribution in [0.3, 0.4) is 0 Å². The first kappa shape index (κ1) is 13.9. The molecule has 1 unspecified atom stereocenters. The molecule has 0 aliphatic carbocycles. The molecular weight excluding hydrogens is 240 g/mol. The van der Waals surface area contributed by atoms with E-state index in [4.69, 9.17) is 5.11 Å². The van der Waals surface area contributed by atoms with Crippen molar-refractivity contribution in [2.45, 2.75) is 38.1 Å². The lowest BCUT2D eigenvalue weighted by Crippen LogP contribution is -2.38.